The summed E-state index contributed by atoms with van der Waals surface area (Å²) >= 11 is 0. The van der Waals surface area contributed by atoms with Crippen LogP contribution in [0.25, 0.3) is 0 Å². The van der Waals surface area contributed by atoms with E-state index in [1.165, 1.54) is 0 Å². The maximum atomic E-state index is 12.0. The zero-order chi connectivity index (χ0) is 14.3. The molecule has 0 saturated carbocycles. The van der Waals surface area contributed by atoms with Gasteiger partial charge in [0, 0.05) is 6.04 Å². The van der Waals surface area contributed by atoms with Gasteiger partial charge in [0.05, 0.1) is 6.10 Å². The Hall–Kier alpha value is -1.30. The van der Waals surface area contributed by atoms with E-state index in [1.54, 1.807) is 6.92 Å². The molecule has 4 atom stereocenters. The second-order valence-electron chi connectivity index (χ2n) is 4.87. The van der Waals surface area contributed by atoms with Gasteiger partial charge in [0.2, 0.25) is 5.91 Å². The van der Waals surface area contributed by atoms with Crippen molar-refractivity contribution in [1.82, 2.24) is 10.6 Å². The second kappa shape index (κ2) is 7.92. The number of hydrogen-bond donors (Lipinski definition) is 4. The van der Waals surface area contributed by atoms with Gasteiger partial charge in [0.25, 0.3) is 0 Å². The number of carbonyl (C=O) groups is 2. The molecule has 18 heavy (non-hydrogen) atoms. The molecule has 0 aromatic carbocycles. The average molecular weight is 259 g/mol. The molecule has 106 valence electrons. The number of primary amides is 1. The number of rotatable bonds is 7. The summed E-state index contributed by atoms with van der Waals surface area (Å²) in [5, 5.41) is 14.5. The fourth-order valence-corrected chi connectivity index (χ4v) is 1.76. The summed E-state index contributed by atoms with van der Waals surface area (Å²) < 4.78 is 0. The monoisotopic (exact) mass is 259 g/mol. The molecule has 0 aliphatic rings. The Morgan fingerprint density at radius 1 is 1.22 bits per heavy atom. The Balaban J connectivity index is 4.50. The molecule has 0 aromatic heterocycles. The first-order chi connectivity index (χ1) is 8.27. The summed E-state index contributed by atoms with van der Waals surface area (Å²) in [7, 11) is 0. The predicted molar refractivity (Wildman–Crippen MR) is 69.9 cm³/mol. The molecule has 0 radical (unpaired) electrons. The maximum absolute atomic E-state index is 12.0. The van der Waals surface area contributed by atoms with E-state index < -0.39 is 18.2 Å². The SMILES string of the molecule is CCC(C)C(NC(N)=O)C(=O)NC(C)CC(C)O. The highest BCUT2D eigenvalue weighted by atomic mass is 16.3. The van der Waals surface area contributed by atoms with Crippen LogP contribution in [0.15, 0.2) is 0 Å². The fourth-order valence-electron chi connectivity index (χ4n) is 1.76. The summed E-state index contributed by atoms with van der Waals surface area (Å²) in [5.41, 5.74) is 5.07. The molecule has 0 aromatic rings. The molecule has 0 rings (SSSR count). The van der Waals surface area contributed by atoms with Crippen molar-refractivity contribution in [1.29, 1.82) is 0 Å². The number of amides is 3. The van der Waals surface area contributed by atoms with E-state index in [1.807, 2.05) is 20.8 Å². The molecule has 0 bridgehead atoms. The molecule has 0 spiro atoms. The smallest absolute Gasteiger partial charge is 0.312 e. The molecular weight excluding hydrogens is 234 g/mol. The minimum Gasteiger partial charge on any atom is -0.393 e. The minimum atomic E-state index is -0.710. The first-order valence-corrected chi connectivity index (χ1v) is 6.32. The van der Waals surface area contributed by atoms with Crippen molar-refractivity contribution in [3.63, 3.8) is 0 Å². The van der Waals surface area contributed by atoms with Crippen LogP contribution in [0.3, 0.4) is 0 Å². The van der Waals surface area contributed by atoms with Gasteiger partial charge in [-0.2, -0.15) is 0 Å². The van der Waals surface area contributed by atoms with Gasteiger partial charge in [-0.3, -0.25) is 4.79 Å². The molecule has 4 unspecified atom stereocenters. The zero-order valence-corrected chi connectivity index (χ0v) is 11.6. The Morgan fingerprint density at radius 2 is 1.78 bits per heavy atom. The molecule has 5 N–H and O–H groups in total. The third-order valence-electron chi connectivity index (χ3n) is 2.88. The first kappa shape index (κ1) is 16.7. The quantitative estimate of drug-likeness (QED) is 0.530. The van der Waals surface area contributed by atoms with Crippen LogP contribution in [0, 0.1) is 5.92 Å². The van der Waals surface area contributed by atoms with Crippen molar-refractivity contribution in [2.45, 2.75) is 58.7 Å². The van der Waals surface area contributed by atoms with E-state index in [4.69, 9.17) is 5.73 Å². The van der Waals surface area contributed by atoms with Gasteiger partial charge in [0.1, 0.15) is 6.04 Å². The first-order valence-electron chi connectivity index (χ1n) is 6.32. The normalized spacial score (nSPS) is 17.4. The summed E-state index contributed by atoms with van der Waals surface area (Å²) in [6.45, 7) is 7.28. The molecule has 0 fully saturated rings. The van der Waals surface area contributed by atoms with E-state index in [9.17, 15) is 14.7 Å². The Bertz CT molecular complexity index is 282. The number of hydrogen-bond acceptors (Lipinski definition) is 3. The lowest BCUT2D eigenvalue weighted by atomic mass is 9.98. The molecule has 0 aliphatic heterocycles. The van der Waals surface area contributed by atoms with Crippen molar-refractivity contribution < 1.29 is 14.7 Å². The van der Waals surface area contributed by atoms with Crippen LogP contribution in [0.4, 0.5) is 4.79 Å². The second-order valence-corrected chi connectivity index (χ2v) is 4.87. The lowest BCUT2D eigenvalue weighted by Gasteiger charge is -2.25. The molecule has 0 heterocycles. The van der Waals surface area contributed by atoms with E-state index in [-0.39, 0.29) is 17.9 Å². The van der Waals surface area contributed by atoms with Crippen molar-refractivity contribution in [3.05, 3.63) is 0 Å². The maximum Gasteiger partial charge on any atom is 0.312 e. The van der Waals surface area contributed by atoms with Crippen molar-refractivity contribution in [2.75, 3.05) is 0 Å². The highest BCUT2D eigenvalue weighted by Crippen LogP contribution is 2.08. The van der Waals surface area contributed by atoms with Crippen LogP contribution >= 0.6 is 0 Å². The Labute approximate surface area is 108 Å². The Kier molecular flexibility index (Phi) is 7.35. The van der Waals surface area contributed by atoms with Gasteiger partial charge in [-0.1, -0.05) is 20.3 Å². The molecule has 3 amide bonds. The number of nitrogens with two attached hydrogens (primary N) is 1. The molecular formula is C12H25N3O3. The van der Waals surface area contributed by atoms with Crippen LogP contribution in [0.2, 0.25) is 0 Å². The van der Waals surface area contributed by atoms with Crippen molar-refractivity contribution in [3.8, 4) is 0 Å². The molecule has 0 saturated heterocycles. The highest BCUT2D eigenvalue weighted by Gasteiger charge is 2.26. The van der Waals surface area contributed by atoms with Gasteiger partial charge in [-0.15, -0.1) is 0 Å². The van der Waals surface area contributed by atoms with Crippen molar-refractivity contribution >= 4 is 11.9 Å². The van der Waals surface area contributed by atoms with Gasteiger partial charge in [-0.25, -0.2) is 4.79 Å². The van der Waals surface area contributed by atoms with E-state index in [2.05, 4.69) is 10.6 Å². The van der Waals surface area contributed by atoms with Crippen LogP contribution in [0.1, 0.15) is 40.5 Å². The third kappa shape index (κ3) is 6.44. The van der Waals surface area contributed by atoms with Crippen LogP contribution in [-0.2, 0) is 4.79 Å². The standard InChI is InChI=1S/C12H25N3O3/c1-5-7(2)10(15-12(13)18)11(17)14-8(3)6-9(4)16/h7-10,16H,5-6H2,1-4H3,(H,14,17)(H3,13,15,18). The van der Waals surface area contributed by atoms with Gasteiger partial charge < -0.3 is 21.5 Å². The highest BCUT2D eigenvalue weighted by molar-refractivity contribution is 5.86. The van der Waals surface area contributed by atoms with Crippen molar-refractivity contribution in [2.24, 2.45) is 11.7 Å². The molecule has 6 heteroatoms. The lowest BCUT2D eigenvalue weighted by molar-refractivity contribution is -0.124. The topological polar surface area (TPSA) is 104 Å². The Morgan fingerprint density at radius 3 is 2.17 bits per heavy atom. The molecule has 0 aliphatic carbocycles. The summed E-state index contributed by atoms with van der Waals surface area (Å²) in [6, 6.07) is -1.50. The largest absolute Gasteiger partial charge is 0.393 e. The number of carbonyl (C=O) groups excluding carboxylic acids is 2. The van der Waals surface area contributed by atoms with Crippen LogP contribution in [0.5, 0.6) is 0 Å². The zero-order valence-electron chi connectivity index (χ0n) is 11.6. The summed E-state index contributed by atoms with van der Waals surface area (Å²) in [5.74, 6) is -0.271. The van der Waals surface area contributed by atoms with E-state index in [0.29, 0.717) is 6.42 Å². The lowest BCUT2D eigenvalue weighted by Crippen LogP contribution is -2.53. The number of urea groups is 1. The number of aliphatic hydroxyl groups is 1. The van der Waals surface area contributed by atoms with E-state index >= 15 is 0 Å². The molecule has 6 nitrogen and oxygen atoms in total. The van der Waals surface area contributed by atoms with Gasteiger partial charge in [0.15, 0.2) is 0 Å². The van der Waals surface area contributed by atoms with Gasteiger partial charge >= 0.3 is 6.03 Å². The van der Waals surface area contributed by atoms with Crippen LogP contribution in [-0.4, -0.2) is 35.2 Å². The van der Waals surface area contributed by atoms with E-state index in [0.717, 1.165) is 6.42 Å². The predicted octanol–water partition coefficient (Wildman–Crippen LogP) is 0.345. The third-order valence-corrected chi connectivity index (χ3v) is 2.88. The minimum absolute atomic E-state index is 0.00347. The number of nitrogens with one attached hydrogen (secondary N) is 2. The number of aliphatic hydroxyl groups excluding tert-OH is 1. The van der Waals surface area contributed by atoms with Gasteiger partial charge in [-0.05, 0) is 26.2 Å². The van der Waals surface area contributed by atoms with Crippen LogP contribution < -0.4 is 16.4 Å². The average Bonchev–Trinajstić information content (AvgIpc) is 2.23. The fraction of sp³-hybridized carbons (Fsp3) is 0.833. The summed E-state index contributed by atoms with van der Waals surface area (Å²) in [6.07, 6.45) is 0.741. The summed E-state index contributed by atoms with van der Waals surface area (Å²) in [4.78, 5) is 22.9.